The molecule has 7 unspecified atom stereocenters. The number of fused-ring (bicyclic) bond motifs is 6. The first-order chi connectivity index (χ1) is 15.4. The van der Waals surface area contributed by atoms with Crippen LogP contribution in [0.15, 0.2) is 48.3 Å². The van der Waals surface area contributed by atoms with Gasteiger partial charge in [-0.15, -0.1) is 0 Å². The second kappa shape index (κ2) is 7.42. The van der Waals surface area contributed by atoms with Gasteiger partial charge >= 0.3 is 0 Å². The summed E-state index contributed by atoms with van der Waals surface area (Å²) in [6, 6.07) is 10.1. The highest BCUT2D eigenvalue weighted by Crippen LogP contribution is 2.68. The first-order valence-electron chi connectivity index (χ1n) is 13.1. The van der Waals surface area contributed by atoms with Crippen LogP contribution in [-0.4, -0.2) is 30.0 Å². The van der Waals surface area contributed by atoms with Gasteiger partial charge in [0.05, 0.1) is 0 Å². The normalized spacial score (nSPS) is 41.2. The van der Waals surface area contributed by atoms with E-state index in [2.05, 4.69) is 68.2 Å². The summed E-state index contributed by atoms with van der Waals surface area (Å²) in [6.45, 7) is 5.30. The summed E-state index contributed by atoms with van der Waals surface area (Å²) in [5.41, 5.74) is 4.30. The van der Waals surface area contributed by atoms with Gasteiger partial charge in [-0.05, 0) is 123 Å². The summed E-state index contributed by atoms with van der Waals surface area (Å²) in [5, 5.41) is 2.62. The topological polar surface area (TPSA) is 16.1 Å². The zero-order valence-corrected chi connectivity index (χ0v) is 20.5. The average molecular weight is 429 g/mol. The number of nitrogens with zero attached hydrogens (tertiary/aromatic N) is 2. The van der Waals surface area contributed by atoms with Crippen molar-refractivity contribution in [1.29, 1.82) is 0 Å². The Morgan fingerprint density at radius 1 is 0.938 bits per heavy atom. The molecular weight excluding hydrogens is 388 g/mol. The second-order valence-electron chi connectivity index (χ2n) is 12.3. The Bertz CT molecular complexity index is 1050. The minimum absolute atomic E-state index is 0.458. The van der Waals surface area contributed by atoms with Crippen LogP contribution in [-0.2, 0) is 0 Å². The fraction of sp³-hybridized carbons (Fsp3) is 0.633. The molecule has 0 spiro atoms. The maximum atomic E-state index is 4.39. The van der Waals surface area contributed by atoms with Crippen LogP contribution in [0, 0.1) is 28.6 Å². The summed E-state index contributed by atoms with van der Waals surface area (Å²) in [6.07, 6.45) is 17.7. The number of hydrogen-bond donors (Lipinski definition) is 0. The van der Waals surface area contributed by atoms with E-state index in [0.717, 1.165) is 23.8 Å². The highest BCUT2D eigenvalue weighted by Gasteiger charge is 2.58. The van der Waals surface area contributed by atoms with E-state index in [-0.39, 0.29) is 0 Å². The number of pyridine rings is 1. The Morgan fingerprint density at radius 3 is 2.66 bits per heavy atom. The molecule has 4 aliphatic rings. The lowest BCUT2D eigenvalue weighted by atomic mass is 9.47. The number of aromatic nitrogens is 1. The molecule has 0 saturated heterocycles. The summed E-state index contributed by atoms with van der Waals surface area (Å²) >= 11 is 0. The molecule has 2 aromatic rings. The molecule has 1 aromatic heterocycles. The standard InChI is InChI=1S/C30H40N2/c1-29-14-11-24(32(3)4)18-23(29)7-8-25-27-10-9-26(30(27,2)15-12-28(25)29)21-6-5-20-13-16-31-19-22(20)17-21/h5-7,13,16-17,19,24-28H,8-12,14-15,18H2,1-4H3. The van der Waals surface area contributed by atoms with Crippen molar-refractivity contribution in [2.45, 2.75) is 77.2 Å². The molecule has 0 N–H and O–H groups in total. The van der Waals surface area contributed by atoms with Crippen LogP contribution in [0.1, 0.15) is 76.7 Å². The van der Waals surface area contributed by atoms with Crippen LogP contribution >= 0.6 is 0 Å². The zero-order chi connectivity index (χ0) is 22.1. The third-order valence-electron chi connectivity index (χ3n) is 10.9. The van der Waals surface area contributed by atoms with Crippen LogP contribution in [0.5, 0.6) is 0 Å². The molecule has 2 nitrogen and oxygen atoms in total. The predicted octanol–water partition coefficient (Wildman–Crippen LogP) is 7.21. The Hall–Kier alpha value is -1.67. The number of allylic oxidation sites excluding steroid dienone is 1. The maximum Gasteiger partial charge on any atom is 0.0346 e. The smallest absolute Gasteiger partial charge is 0.0346 e. The highest BCUT2D eigenvalue weighted by molar-refractivity contribution is 5.82. The van der Waals surface area contributed by atoms with E-state index in [9.17, 15) is 0 Å². The van der Waals surface area contributed by atoms with Gasteiger partial charge in [-0.3, -0.25) is 4.98 Å². The van der Waals surface area contributed by atoms with E-state index in [1.807, 2.05) is 18.0 Å². The molecule has 0 radical (unpaired) electrons. The average Bonchev–Trinajstić information content (AvgIpc) is 3.15. The summed E-state index contributed by atoms with van der Waals surface area (Å²) in [5.74, 6) is 3.39. The fourth-order valence-electron chi connectivity index (χ4n) is 8.95. The molecular formula is C30H40N2. The molecule has 1 heterocycles. The molecule has 0 bridgehead atoms. The monoisotopic (exact) mass is 428 g/mol. The molecule has 32 heavy (non-hydrogen) atoms. The van der Waals surface area contributed by atoms with Crippen molar-refractivity contribution in [1.82, 2.24) is 9.88 Å². The van der Waals surface area contributed by atoms with Crippen molar-refractivity contribution in [3.05, 3.63) is 53.9 Å². The Morgan fingerprint density at radius 2 is 1.81 bits per heavy atom. The van der Waals surface area contributed by atoms with E-state index in [1.54, 1.807) is 5.56 Å². The van der Waals surface area contributed by atoms with E-state index in [4.69, 9.17) is 0 Å². The predicted molar refractivity (Wildman–Crippen MR) is 134 cm³/mol. The second-order valence-corrected chi connectivity index (χ2v) is 12.3. The van der Waals surface area contributed by atoms with Crippen molar-refractivity contribution in [2.75, 3.05) is 14.1 Å². The molecule has 1 aromatic carbocycles. The molecule has 2 heteroatoms. The highest BCUT2D eigenvalue weighted by atomic mass is 15.1. The Labute approximate surface area is 194 Å². The minimum atomic E-state index is 0.458. The van der Waals surface area contributed by atoms with Gasteiger partial charge in [0.15, 0.2) is 0 Å². The SMILES string of the molecule is CN(C)C1CCC2(C)C(=CCC3C2CCC2(C)C(c4ccc5ccncc5c4)CCC32)C1. The Balaban J connectivity index is 1.30. The van der Waals surface area contributed by atoms with Gasteiger partial charge in [-0.2, -0.15) is 0 Å². The molecule has 7 atom stereocenters. The molecule has 3 saturated carbocycles. The van der Waals surface area contributed by atoms with Gasteiger partial charge in [0.1, 0.15) is 0 Å². The summed E-state index contributed by atoms with van der Waals surface area (Å²) in [4.78, 5) is 6.85. The minimum Gasteiger partial charge on any atom is -0.306 e. The van der Waals surface area contributed by atoms with Crippen molar-refractivity contribution < 1.29 is 0 Å². The van der Waals surface area contributed by atoms with E-state index in [1.165, 1.54) is 62.1 Å². The van der Waals surface area contributed by atoms with Crippen LogP contribution < -0.4 is 0 Å². The third kappa shape index (κ3) is 2.98. The zero-order valence-electron chi connectivity index (χ0n) is 20.5. The van der Waals surface area contributed by atoms with Crippen molar-refractivity contribution in [3.8, 4) is 0 Å². The van der Waals surface area contributed by atoms with Gasteiger partial charge in [0, 0.05) is 23.8 Å². The first kappa shape index (κ1) is 20.9. The van der Waals surface area contributed by atoms with E-state index >= 15 is 0 Å². The fourth-order valence-corrected chi connectivity index (χ4v) is 8.95. The molecule has 3 fully saturated rings. The summed E-state index contributed by atoms with van der Waals surface area (Å²) < 4.78 is 0. The number of benzene rings is 1. The third-order valence-corrected chi connectivity index (χ3v) is 10.9. The number of hydrogen-bond acceptors (Lipinski definition) is 2. The molecule has 0 aliphatic heterocycles. The lowest BCUT2D eigenvalue weighted by Gasteiger charge is -2.58. The quantitative estimate of drug-likeness (QED) is 0.470. The Kier molecular flexibility index (Phi) is 4.85. The lowest BCUT2D eigenvalue weighted by molar-refractivity contribution is -0.0356. The van der Waals surface area contributed by atoms with Crippen LogP contribution in [0.2, 0.25) is 0 Å². The van der Waals surface area contributed by atoms with E-state index in [0.29, 0.717) is 16.7 Å². The molecule has 170 valence electrons. The molecule has 6 rings (SSSR count). The first-order valence-corrected chi connectivity index (χ1v) is 13.1. The van der Waals surface area contributed by atoms with Crippen LogP contribution in [0.3, 0.4) is 0 Å². The van der Waals surface area contributed by atoms with Crippen molar-refractivity contribution in [3.63, 3.8) is 0 Å². The van der Waals surface area contributed by atoms with E-state index < -0.39 is 0 Å². The molecule has 4 aliphatic carbocycles. The van der Waals surface area contributed by atoms with Crippen LogP contribution in [0.4, 0.5) is 0 Å². The van der Waals surface area contributed by atoms with Gasteiger partial charge in [0.25, 0.3) is 0 Å². The molecule has 0 amide bonds. The van der Waals surface area contributed by atoms with Crippen molar-refractivity contribution >= 4 is 10.8 Å². The van der Waals surface area contributed by atoms with Gasteiger partial charge in [-0.25, -0.2) is 0 Å². The van der Waals surface area contributed by atoms with Gasteiger partial charge < -0.3 is 4.90 Å². The van der Waals surface area contributed by atoms with Gasteiger partial charge in [-0.1, -0.05) is 37.6 Å². The largest absolute Gasteiger partial charge is 0.306 e. The van der Waals surface area contributed by atoms with Gasteiger partial charge in [0.2, 0.25) is 0 Å². The van der Waals surface area contributed by atoms with Crippen LogP contribution in [0.25, 0.3) is 10.8 Å². The number of rotatable bonds is 2. The lowest BCUT2D eigenvalue weighted by Crippen LogP contribution is -2.51. The summed E-state index contributed by atoms with van der Waals surface area (Å²) in [7, 11) is 4.54. The van der Waals surface area contributed by atoms with Crippen molar-refractivity contribution in [2.24, 2.45) is 28.6 Å². The maximum absolute atomic E-state index is 4.39.